The Hall–Kier alpha value is -1.80. The van der Waals surface area contributed by atoms with Crippen molar-refractivity contribution >= 4 is 12.0 Å². The molecule has 0 heterocycles. The van der Waals surface area contributed by atoms with E-state index in [1.54, 1.807) is 0 Å². The van der Waals surface area contributed by atoms with Gasteiger partial charge in [0.15, 0.2) is 0 Å². The summed E-state index contributed by atoms with van der Waals surface area (Å²) in [6, 6.07) is 5.15. The molecule has 0 atom stereocenters. The number of carbonyl (C=O) groups excluding carboxylic acids is 1. The average Bonchev–Trinajstić information content (AvgIpc) is 2.05. The van der Waals surface area contributed by atoms with Crippen LogP contribution in [-0.2, 0) is 0 Å². The molecule has 0 aliphatic carbocycles. The van der Waals surface area contributed by atoms with Crippen LogP contribution in [-0.4, -0.2) is 16.8 Å². The number of halogens is 1. The van der Waals surface area contributed by atoms with Crippen molar-refractivity contribution in [2.24, 2.45) is 0 Å². The number of rotatable bonds is 2. The highest BCUT2D eigenvalue weighted by Gasteiger charge is 2.06. The fourth-order valence-electron chi connectivity index (χ4n) is 0.769. The second-order valence-electron chi connectivity index (χ2n) is 2.12. The number of carbonyl (C=O) groups is 1. The molecule has 0 fully saturated rings. The maximum Gasteiger partial charge on any atom is 0.328 e. The lowest BCUT2D eigenvalue weighted by atomic mass is 10.1. The molecule has 0 N–H and O–H groups in total. The third-order valence-electron chi connectivity index (χ3n) is 1.28. The molecule has 4 heteroatoms. The summed E-state index contributed by atoms with van der Waals surface area (Å²) in [5.74, 6) is -1.02. The Balaban J connectivity index is 3.03. The van der Waals surface area contributed by atoms with Crippen molar-refractivity contribution in [1.29, 1.82) is 0 Å². The van der Waals surface area contributed by atoms with Gasteiger partial charge in [-0.15, -0.1) is 0 Å². The minimum absolute atomic E-state index is 0.160. The van der Waals surface area contributed by atoms with Crippen LogP contribution < -0.4 is 0 Å². The van der Waals surface area contributed by atoms with E-state index in [1.807, 2.05) is 0 Å². The first-order valence-electron chi connectivity index (χ1n) is 3.21. The van der Waals surface area contributed by atoms with E-state index >= 15 is 0 Å². The van der Waals surface area contributed by atoms with Gasteiger partial charge in [0.05, 0.1) is 0 Å². The van der Waals surface area contributed by atoms with E-state index in [4.69, 9.17) is 5.53 Å². The molecule has 0 aliphatic rings. The first kappa shape index (κ1) is 8.30. The van der Waals surface area contributed by atoms with E-state index in [0.29, 0.717) is 0 Å². The van der Waals surface area contributed by atoms with Crippen LogP contribution in [0.15, 0.2) is 24.3 Å². The predicted molar refractivity (Wildman–Crippen MR) is 40.4 cm³/mol. The Kier molecular flexibility index (Phi) is 2.46. The van der Waals surface area contributed by atoms with E-state index in [0.717, 1.165) is 12.3 Å². The van der Waals surface area contributed by atoms with Gasteiger partial charge in [-0.25, -0.2) is 4.39 Å². The molecular weight excluding hydrogens is 159 g/mol. The SMILES string of the molecule is [N-]=[N+]=CC(=O)c1cccc(F)c1. The molecule has 1 aromatic carbocycles. The molecule has 1 rings (SSSR count). The number of benzene rings is 1. The molecule has 0 radical (unpaired) electrons. The van der Waals surface area contributed by atoms with Crippen LogP contribution in [0.1, 0.15) is 10.4 Å². The van der Waals surface area contributed by atoms with Crippen LogP contribution in [0, 0.1) is 5.82 Å². The number of Topliss-reactive ketones (excluding diaryl/α,β-unsaturated/α-hetero) is 1. The maximum absolute atomic E-state index is 12.5. The molecule has 0 unspecified atom stereocenters. The third-order valence-corrected chi connectivity index (χ3v) is 1.28. The van der Waals surface area contributed by atoms with Gasteiger partial charge in [0.1, 0.15) is 5.82 Å². The fraction of sp³-hybridized carbons (Fsp3) is 0. The van der Waals surface area contributed by atoms with Crippen LogP contribution in [0.2, 0.25) is 0 Å². The molecule has 3 nitrogen and oxygen atoms in total. The van der Waals surface area contributed by atoms with Gasteiger partial charge in [0.2, 0.25) is 0 Å². The minimum atomic E-state index is -0.531. The largest absolute Gasteiger partial charge is 0.361 e. The number of nitrogens with zero attached hydrogens (tertiary/aromatic N) is 2. The van der Waals surface area contributed by atoms with Gasteiger partial charge in [-0.05, 0) is 12.1 Å². The summed E-state index contributed by atoms with van der Waals surface area (Å²) < 4.78 is 12.5. The van der Waals surface area contributed by atoms with Crippen LogP contribution >= 0.6 is 0 Å². The zero-order chi connectivity index (χ0) is 8.97. The van der Waals surface area contributed by atoms with Gasteiger partial charge in [-0.1, -0.05) is 12.1 Å². The van der Waals surface area contributed by atoms with Crippen molar-refractivity contribution in [3.8, 4) is 0 Å². The Labute approximate surface area is 68.1 Å². The fourth-order valence-corrected chi connectivity index (χ4v) is 0.769. The first-order chi connectivity index (χ1) is 5.74. The zero-order valence-corrected chi connectivity index (χ0v) is 6.07. The van der Waals surface area contributed by atoms with Crippen molar-refractivity contribution in [3.63, 3.8) is 0 Å². The molecule has 0 saturated carbocycles. The molecule has 0 spiro atoms. The summed E-state index contributed by atoms with van der Waals surface area (Å²) in [5, 5.41) is 0. The Bertz CT molecular complexity index is 356. The summed E-state index contributed by atoms with van der Waals surface area (Å²) >= 11 is 0. The van der Waals surface area contributed by atoms with Crippen molar-refractivity contribution in [3.05, 3.63) is 41.2 Å². The van der Waals surface area contributed by atoms with Crippen molar-refractivity contribution in [2.45, 2.75) is 0 Å². The molecule has 0 aromatic heterocycles. The first-order valence-corrected chi connectivity index (χ1v) is 3.21. The van der Waals surface area contributed by atoms with Gasteiger partial charge in [-0.2, -0.15) is 4.79 Å². The lowest BCUT2D eigenvalue weighted by molar-refractivity contribution is 0.00234. The Morgan fingerprint density at radius 2 is 2.33 bits per heavy atom. The van der Waals surface area contributed by atoms with E-state index in [1.165, 1.54) is 18.2 Å². The summed E-state index contributed by atoms with van der Waals surface area (Å²) in [6.07, 6.45) is 0.717. The number of ketones is 1. The molecule has 0 saturated heterocycles. The quantitative estimate of drug-likeness (QED) is 0.281. The molecule has 0 bridgehead atoms. The normalized spacial score (nSPS) is 8.75. The molecule has 60 valence electrons. The topological polar surface area (TPSA) is 53.5 Å². The third kappa shape index (κ3) is 1.84. The molecule has 0 aliphatic heterocycles. The van der Waals surface area contributed by atoms with Gasteiger partial charge in [0, 0.05) is 5.56 Å². The average molecular weight is 164 g/mol. The monoisotopic (exact) mass is 164 g/mol. The lowest BCUT2D eigenvalue weighted by Gasteiger charge is -1.90. The molecule has 1 aromatic rings. The molecule has 12 heavy (non-hydrogen) atoms. The Morgan fingerprint density at radius 1 is 1.58 bits per heavy atom. The van der Waals surface area contributed by atoms with Crippen molar-refractivity contribution < 1.29 is 14.0 Å². The minimum Gasteiger partial charge on any atom is -0.361 e. The zero-order valence-electron chi connectivity index (χ0n) is 6.07. The smallest absolute Gasteiger partial charge is 0.328 e. The standard InChI is InChI=1S/C8H5FN2O/c9-7-3-1-2-6(4-7)8(12)5-11-10/h1-5H. The van der Waals surface area contributed by atoms with Crippen LogP contribution in [0.25, 0.3) is 5.53 Å². The van der Waals surface area contributed by atoms with Gasteiger partial charge in [0.25, 0.3) is 5.78 Å². The second kappa shape index (κ2) is 3.55. The van der Waals surface area contributed by atoms with Gasteiger partial charge < -0.3 is 5.53 Å². The Morgan fingerprint density at radius 3 is 2.92 bits per heavy atom. The molecule has 0 amide bonds. The van der Waals surface area contributed by atoms with Crippen molar-refractivity contribution in [2.75, 3.05) is 0 Å². The second-order valence-corrected chi connectivity index (χ2v) is 2.12. The van der Waals surface area contributed by atoms with Gasteiger partial charge in [-0.3, -0.25) is 4.79 Å². The van der Waals surface area contributed by atoms with Gasteiger partial charge >= 0.3 is 6.21 Å². The summed E-state index contributed by atoms with van der Waals surface area (Å²) in [5.41, 5.74) is 8.18. The highest BCUT2D eigenvalue weighted by Crippen LogP contribution is 2.02. The predicted octanol–water partition coefficient (Wildman–Crippen LogP) is 1.31. The van der Waals surface area contributed by atoms with Crippen molar-refractivity contribution in [1.82, 2.24) is 0 Å². The molecular formula is C8H5FN2O. The number of hydrogen-bond acceptors (Lipinski definition) is 1. The summed E-state index contributed by atoms with van der Waals surface area (Å²) in [4.78, 5) is 13.5. The van der Waals surface area contributed by atoms with E-state index in [9.17, 15) is 9.18 Å². The summed E-state index contributed by atoms with van der Waals surface area (Å²) in [6.45, 7) is 0. The maximum atomic E-state index is 12.5. The van der Waals surface area contributed by atoms with Crippen LogP contribution in [0.4, 0.5) is 4.39 Å². The van der Waals surface area contributed by atoms with E-state index < -0.39 is 11.6 Å². The van der Waals surface area contributed by atoms with Crippen LogP contribution in [0.5, 0.6) is 0 Å². The van der Waals surface area contributed by atoms with E-state index in [2.05, 4.69) is 4.79 Å². The lowest BCUT2D eigenvalue weighted by Crippen LogP contribution is -2.00. The summed E-state index contributed by atoms with van der Waals surface area (Å²) in [7, 11) is 0. The highest BCUT2D eigenvalue weighted by atomic mass is 19.1. The van der Waals surface area contributed by atoms with Crippen LogP contribution in [0.3, 0.4) is 0 Å². The highest BCUT2D eigenvalue weighted by molar-refractivity contribution is 6.33. The number of hydrogen-bond donors (Lipinski definition) is 0. The van der Waals surface area contributed by atoms with E-state index in [-0.39, 0.29) is 5.56 Å².